The van der Waals surface area contributed by atoms with Crippen molar-refractivity contribution < 1.29 is 8.42 Å². The zero-order valence-electron chi connectivity index (χ0n) is 15.5. The zero-order valence-corrected chi connectivity index (χ0v) is 19.9. The molecule has 0 radical (unpaired) electrons. The number of halogens is 1. The van der Waals surface area contributed by atoms with Crippen molar-refractivity contribution in [3.8, 4) is 0 Å². The van der Waals surface area contributed by atoms with Crippen LogP contribution in [0.2, 0.25) is 18.3 Å². The number of benzene rings is 1. The van der Waals surface area contributed by atoms with E-state index in [4.69, 9.17) is 11.6 Å². The van der Waals surface area contributed by atoms with Crippen LogP contribution in [0.3, 0.4) is 0 Å². The van der Waals surface area contributed by atoms with E-state index in [1.807, 2.05) is 0 Å². The molecule has 0 saturated heterocycles. The third kappa shape index (κ3) is 7.25. The first-order valence-corrected chi connectivity index (χ1v) is 19.5. The summed E-state index contributed by atoms with van der Waals surface area (Å²) in [5.74, 6) is 0. The van der Waals surface area contributed by atoms with Crippen LogP contribution < -0.4 is 0 Å². The molecule has 1 aromatic carbocycles. The fourth-order valence-corrected chi connectivity index (χ4v) is 29.1. The third-order valence-corrected chi connectivity index (χ3v) is 27.7. The fraction of sp³-hybridized carbons (Fsp3) is 0.684. The summed E-state index contributed by atoms with van der Waals surface area (Å²) in [6.07, 6.45) is 7.08. The molecule has 0 aromatic heterocycles. The Morgan fingerprint density at radius 3 is 1.62 bits per heavy atom. The monoisotopic (exact) mass is 480 g/mol. The summed E-state index contributed by atoms with van der Waals surface area (Å²) in [7, 11) is -3.19. The molecule has 5 heteroatoms. The second-order valence-electron chi connectivity index (χ2n) is 7.02. The van der Waals surface area contributed by atoms with Gasteiger partial charge in [-0.05, 0) is 0 Å². The van der Waals surface area contributed by atoms with Crippen LogP contribution in [0, 0.1) is 0 Å². The van der Waals surface area contributed by atoms with E-state index in [0.29, 0.717) is 13.7 Å². The maximum atomic E-state index is 13.1. The Bertz CT molecular complexity index is 548. The quantitative estimate of drug-likeness (QED) is 0.321. The van der Waals surface area contributed by atoms with Crippen LogP contribution in [0.1, 0.15) is 59.3 Å². The first kappa shape index (κ1) is 22.3. The van der Waals surface area contributed by atoms with Gasteiger partial charge in [-0.25, -0.2) is 0 Å². The number of sulfone groups is 1. The molecule has 0 aliphatic rings. The van der Waals surface area contributed by atoms with Crippen molar-refractivity contribution in [2.75, 3.05) is 3.77 Å². The van der Waals surface area contributed by atoms with Gasteiger partial charge in [0.15, 0.2) is 0 Å². The van der Waals surface area contributed by atoms with Crippen LogP contribution in [0.5, 0.6) is 0 Å². The molecule has 0 N–H and O–H groups in total. The molecule has 0 aliphatic carbocycles. The molecule has 0 aliphatic heterocycles. The van der Waals surface area contributed by atoms with E-state index in [-0.39, 0.29) is 0 Å². The van der Waals surface area contributed by atoms with Gasteiger partial charge in [-0.3, -0.25) is 0 Å². The molecule has 2 nitrogen and oxygen atoms in total. The third-order valence-electron chi connectivity index (χ3n) is 4.85. The number of unbranched alkanes of at least 4 members (excludes halogenated alkanes) is 3. The van der Waals surface area contributed by atoms with Crippen LogP contribution in [0.4, 0.5) is 0 Å². The van der Waals surface area contributed by atoms with Gasteiger partial charge in [0.1, 0.15) is 0 Å². The Hall–Kier alpha value is 0.259. The van der Waals surface area contributed by atoms with E-state index >= 15 is 0 Å². The van der Waals surface area contributed by atoms with Gasteiger partial charge in [0.2, 0.25) is 0 Å². The van der Waals surface area contributed by atoms with Gasteiger partial charge >= 0.3 is 159 Å². The Morgan fingerprint density at radius 1 is 0.833 bits per heavy atom. The maximum absolute atomic E-state index is 13.1. The van der Waals surface area contributed by atoms with E-state index in [9.17, 15) is 8.42 Å². The van der Waals surface area contributed by atoms with Gasteiger partial charge in [-0.2, -0.15) is 0 Å². The Kier molecular flexibility index (Phi) is 10.3. The van der Waals surface area contributed by atoms with Gasteiger partial charge in [0, 0.05) is 0 Å². The molecule has 0 spiro atoms. The molecule has 0 heterocycles. The first-order valence-electron chi connectivity index (χ1n) is 9.37. The van der Waals surface area contributed by atoms with Crippen molar-refractivity contribution in [2.24, 2.45) is 0 Å². The minimum atomic E-state index is -3.19. The van der Waals surface area contributed by atoms with Crippen molar-refractivity contribution in [1.29, 1.82) is 0 Å². The molecular formula is C19H33ClO2SSn. The summed E-state index contributed by atoms with van der Waals surface area (Å²) >= 11 is 3.22. The zero-order chi connectivity index (χ0) is 18.1. The van der Waals surface area contributed by atoms with Crippen molar-refractivity contribution in [3.63, 3.8) is 0 Å². The normalized spacial score (nSPS) is 12.5. The van der Waals surface area contributed by atoms with E-state index < -0.39 is 28.2 Å². The average molecular weight is 480 g/mol. The second kappa shape index (κ2) is 11.1. The molecule has 0 unspecified atom stereocenters. The van der Waals surface area contributed by atoms with Crippen molar-refractivity contribution in [1.82, 2.24) is 0 Å². The Morgan fingerprint density at radius 2 is 1.25 bits per heavy atom. The van der Waals surface area contributed by atoms with Crippen molar-refractivity contribution >= 4 is 39.8 Å². The van der Waals surface area contributed by atoms with Gasteiger partial charge in [-0.1, -0.05) is 0 Å². The molecule has 0 fully saturated rings. The van der Waals surface area contributed by atoms with Crippen LogP contribution in [0.25, 0.3) is 0 Å². The predicted molar refractivity (Wildman–Crippen MR) is 108 cm³/mol. The second-order valence-corrected chi connectivity index (χ2v) is 24.8. The molecule has 0 bridgehead atoms. The Labute approximate surface area is 158 Å². The fourth-order valence-electron chi connectivity index (χ4n) is 3.38. The van der Waals surface area contributed by atoms with Crippen LogP contribution >= 0.6 is 11.6 Å². The van der Waals surface area contributed by atoms with E-state index in [1.165, 1.54) is 32.6 Å². The van der Waals surface area contributed by atoms with Crippen molar-refractivity contribution in [3.05, 3.63) is 29.3 Å². The standard InChI is InChI=1S/C7H6ClO2S.3C4H9.Sn/c1-11(9,10)7-4-2-6(8)3-5-7;3*1-3-4-2;/h2-5H,1H2;3*1,3-4H2,2H3;. The number of hydrogen-bond donors (Lipinski definition) is 0. The minimum absolute atomic E-state index is 0.456. The Balaban J connectivity index is 3.08. The summed E-state index contributed by atoms with van der Waals surface area (Å²) in [6, 6.07) is 6.73. The van der Waals surface area contributed by atoms with Gasteiger partial charge in [0.25, 0.3) is 0 Å². The van der Waals surface area contributed by atoms with Crippen molar-refractivity contribution in [2.45, 2.75) is 77.5 Å². The summed E-state index contributed by atoms with van der Waals surface area (Å²) in [5.41, 5.74) is 0. The molecule has 138 valence electrons. The molecule has 0 saturated carbocycles. The molecule has 1 aromatic rings. The van der Waals surface area contributed by atoms with Crippen LogP contribution in [0.15, 0.2) is 29.2 Å². The predicted octanol–water partition coefficient (Wildman–Crippen LogP) is 6.50. The van der Waals surface area contributed by atoms with E-state index in [2.05, 4.69) is 20.8 Å². The average Bonchev–Trinajstić information content (AvgIpc) is 2.56. The first-order chi connectivity index (χ1) is 11.4. The molecule has 24 heavy (non-hydrogen) atoms. The molecule has 1 rings (SSSR count). The van der Waals surface area contributed by atoms with Gasteiger partial charge < -0.3 is 0 Å². The summed E-state index contributed by atoms with van der Waals surface area (Å²) in [4.78, 5) is 0.456. The number of hydrogen-bond acceptors (Lipinski definition) is 2. The molecule has 0 atom stereocenters. The van der Waals surface area contributed by atoms with Crippen LogP contribution in [-0.2, 0) is 9.84 Å². The van der Waals surface area contributed by atoms with Gasteiger partial charge in [0.05, 0.1) is 0 Å². The summed E-state index contributed by atoms with van der Waals surface area (Å²) in [6.45, 7) is 6.64. The molecular weight excluding hydrogens is 446 g/mol. The number of rotatable bonds is 12. The van der Waals surface area contributed by atoms with Gasteiger partial charge in [-0.15, -0.1) is 0 Å². The summed E-state index contributed by atoms with van der Waals surface area (Å²) < 4.78 is 30.3. The van der Waals surface area contributed by atoms with Crippen LogP contribution in [-0.4, -0.2) is 30.6 Å². The summed E-state index contributed by atoms with van der Waals surface area (Å²) in [5, 5.41) is 0.590. The molecule has 0 amide bonds. The van der Waals surface area contributed by atoms with E-state index in [0.717, 1.165) is 19.3 Å². The SMILES string of the molecule is CCC[CH2][Sn]([CH2]CCC)([CH2]CCC)[CH2]S(=O)(=O)c1ccc(Cl)cc1. The topological polar surface area (TPSA) is 34.1 Å². The van der Waals surface area contributed by atoms with E-state index in [1.54, 1.807) is 24.3 Å².